The molecule has 0 unspecified atom stereocenters. The molecule has 4 nitrogen and oxygen atoms in total. The minimum absolute atomic E-state index is 0.227. The number of imide groups is 1. The normalized spacial score (nSPS) is 30.1. The van der Waals surface area contributed by atoms with E-state index in [2.05, 4.69) is 29.5 Å². The summed E-state index contributed by atoms with van der Waals surface area (Å²) in [5.41, 5.74) is 2.33. The zero-order valence-electron chi connectivity index (χ0n) is 16.7. The Labute approximate surface area is 193 Å². The molecule has 0 saturated carbocycles. The van der Waals surface area contributed by atoms with Crippen LogP contribution >= 0.6 is 22.6 Å². The van der Waals surface area contributed by atoms with Crippen molar-refractivity contribution in [3.63, 3.8) is 0 Å². The number of carbonyl (C=O) groups is 3. The molecule has 31 heavy (non-hydrogen) atoms. The fourth-order valence-corrected chi connectivity index (χ4v) is 6.86. The van der Waals surface area contributed by atoms with Gasteiger partial charge in [-0.2, -0.15) is 0 Å². The molecule has 1 saturated heterocycles. The van der Waals surface area contributed by atoms with Gasteiger partial charge in [-0.05, 0) is 63.0 Å². The molecule has 3 aromatic rings. The van der Waals surface area contributed by atoms with E-state index in [1.54, 1.807) is 6.07 Å². The van der Waals surface area contributed by atoms with Crippen molar-refractivity contribution in [2.45, 2.75) is 17.8 Å². The fourth-order valence-electron chi connectivity index (χ4n) is 6.33. The summed E-state index contributed by atoms with van der Waals surface area (Å²) in [6.07, 6.45) is 0.907. The van der Waals surface area contributed by atoms with Crippen LogP contribution in [0.15, 0.2) is 72.8 Å². The summed E-state index contributed by atoms with van der Waals surface area (Å²) in [6.45, 7) is 2.06. The van der Waals surface area contributed by atoms with E-state index in [-0.39, 0.29) is 11.8 Å². The number of halogens is 1. The molecule has 5 heteroatoms. The number of anilines is 1. The first-order valence-electron chi connectivity index (χ1n) is 10.3. The maximum absolute atomic E-state index is 13.9. The van der Waals surface area contributed by atoms with Crippen LogP contribution in [-0.2, 0) is 25.2 Å². The average Bonchev–Trinajstić information content (AvgIpc) is 3.06. The van der Waals surface area contributed by atoms with E-state index in [0.717, 1.165) is 32.1 Å². The van der Waals surface area contributed by atoms with E-state index in [4.69, 9.17) is 0 Å². The minimum atomic E-state index is -1.17. The number of benzene rings is 3. The van der Waals surface area contributed by atoms with Crippen LogP contribution in [0.5, 0.6) is 0 Å². The summed E-state index contributed by atoms with van der Waals surface area (Å²) in [6, 6.07) is 23.0. The number of nitrogens with zero attached hydrogens (tertiary/aromatic N) is 1. The zero-order chi connectivity index (χ0) is 21.5. The lowest BCUT2D eigenvalue weighted by Gasteiger charge is -2.56. The molecule has 3 aromatic carbocycles. The maximum atomic E-state index is 13.9. The molecular formula is C26H18INO3. The number of amides is 2. The second kappa shape index (κ2) is 6.13. The standard InChI is InChI=1S/C26H18INO3/c1-25-17-9-2-4-11-19(17)26(14-29,20-12-5-3-10-18(20)25)22-21(25)23(30)28(24(22)31)16-8-6-7-15(27)13-16/h2-14,21-22H,1H3/t21-,22+,25?,26?/m0/s1. The maximum Gasteiger partial charge on any atom is 0.239 e. The lowest BCUT2D eigenvalue weighted by atomic mass is 9.42. The van der Waals surface area contributed by atoms with Gasteiger partial charge >= 0.3 is 0 Å². The predicted molar refractivity (Wildman–Crippen MR) is 125 cm³/mol. The summed E-state index contributed by atoms with van der Waals surface area (Å²) in [7, 11) is 0. The molecule has 2 atom stereocenters. The molecule has 152 valence electrons. The highest BCUT2D eigenvalue weighted by Crippen LogP contribution is 2.66. The van der Waals surface area contributed by atoms with Crippen LogP contribution < -0.4 is 4.90 Å². The van der Waals surface area contributed by atoms with Crippen LogP contribution in [0.1, 0.15) is 29.2 Å². The van der Waals surface area contributed by atoms with Crippen LogP contribution in [-0.4, -0.2) is 18.1 Å². The number of hydrogen-bond acceptors (Lipinski definition) is 3. The number of rotatable bonds is 2. The highest BCUT2D eigenvalue weighted by atomic mass is 127. The summed E-state index contributed by atoms with van der Waals surface area (Å²) < 4.78 is 0.941. The summed E-state index contributed by atoms with van der Waals surface area (Å²) in [4.78, 5) is 42.1. The lowest BCUT2D eigenvalue weighted by Crippen LogP contribution is -2.61. The molecule has 7 rings (SSSR count). The van der Waals surface area contributed by atoms with Crippen molar-refractivity contribution in [3.05, 3.63) is 98.6 Å². The highest BCUT2D eigenvalue weighted by Gasteiger charge is 2.72. The van der Waals surface area contributed by atoms with Gasteiger partial charge in [0.15, 0.2) is 0 Å². The van der Waals surface area contributed by atoms with Gasteiger partial charge in [0.25, 0.3) is 0 Å². The average molecular weight is 519 g/mol. The molecule has 3 aliphatic carbocycles. The van der Waals surface area contributed by atoms with Crippen LogP contribution in [0.4, 0.5) is 5.69 Å². The number of hydrogen-bond donors (Lipinski definition) is 0. The van der Waals surface area contributed by atoms with Crippen molar-refractivity contribution in [2.24, 2.45) is 11.8 Å². The third kappa shape index (κ3) is 2.03. The Balaban J connectivity index is 1.70. The van der Waals surface area contributed by atoms with E-state index in [1.165, 1.54) is 4.90 Å². The lowest BCUT2D eigenvalue weighted by molar-refractivity contribution is -0.129. The van der Waals surface area contributed by atoms with Crippen LogP contribution in [0.2, 0.25) is 0 Å². The summed E-state index contributed by atoms with van der Waals surface area (Å²) in [5, 5.41) is 0. The molecule has 1 fully saturated rings. The highest BCUT2D eigenvalue weighted by molar-refractivity contribution is 14.1. The minimum Gasteiger partial charge on any atom is -0.302 e. The largest absolute Gasteiger partial charge is 0.302 e. The first-order valence-corrected chi connectivity index (χ1v) is 11.3. The van der Waals surface area contributed by atoms with Crippen molar-refractivity contribution in [1.82, 2.24) is 0 Å². The van der Waals surface area contributed by atoms with Gasteiger partial charge in [0, 0.05) is 8.99 Å². The van der Waals surface area contributed by atoms with Crippen molar-refractivity contribution in [3.8, 4) is 0 Å². The molecule has 0 aromatic heterocycles. The van der Waals surface area contributed by atoms with E-state index in [0.29, 0.717) is 5.69 Å². The number of aldehydes is 1. The van der Waals surface area contributed by atoms with Crippen LogP contribution in [0.25, 0.3) is 0 Å². The summed E-state index contributed by atoms with van der Waals surface area (Å²) in [5.74, 6) is -1.91. The molecule has 1 heterocycles. The van der Waals surface area contributed by atoms with E-state index < -0.39 is 22.7 Å². The van der Waals surface area contributed by atoms with Gasteiger partial charge in [-0.1, -0.05) is 61.5 Å². The Morgan fingerprint density at radius 3 is 1.90 bits per heavy atom. The zero-order valence-corrected chi connectivity index (χ0v) is 18.9. The number of carbonyl (C=O) groups excluding carboxylic acids is 3. The third-order valence-corrected chi connectivity index (χ3v) is 8.21. The quantitative estimate of drug-likeness (QED) is 0.290. The topological polar surface area (TPSA) is 54.5 Å². The van der Waals surface area contributed by atoms with Gasteiger partial charge in [-0.3, -0.25) is 9.59 Å². The summed E-state index contributed by atoms with van der Waals surface area (Å²) >= 11 is 2.18. The SMILES string of the molecule is CC12c3ccccc3C(C=O)(c3ccccc31)[C@H]1C(=O)N(c3cccc(I)c3)C(=O)[C@H]12. The Morgan fingerprint density at radius 2 is 1.35 bits per heavy atom. The smallest absolute Gasteiger partial charge is 0.239 e. The van der Waals surface area contributed by atoms with E-state index >= 15 is 0 Å². The fraction of sp³-hybridized carbons (Fsp3) is 0.192. The second-order valence-electron chi connectivity index (χ2n) is 8.73. The third-order valence-electron chi connectivity index (χ3n) is 7.54. The van der Waals surface area contributed by atoms with Crippen molar-refractivity contribution < 1.29 is 14.4 Å². The van der Waals surface area contributed by atoms with Gasteiger partial charge in [0.1, 0.15) is 6.29 Å². The first kappa shape index (κ1) is 18.9. The van der Waals surface area contributed by atoms with Gasteiger partial charge < -0.3 is 4.79 Å². The van der Waals surface area contributed by atoms with E-state index in [9.17, 15) is 14.4 Å². The monoisotopic (exact) mass is 519 g/mol. The Hall–Kier alpha value is -2.80. The molecule has 0 N–H and O–H groups in total. The van der Waals surface area contributed by atoms with Crippen LogP contribution in [0, 0.1) is 15.4 Å². The molecule has 2 amide bonds. The van der Waals surface area contributed by atoms with Gasteiger partial charge in [-0.25, -0.2) is 4.90 Å². The molecule has 0 spiro atoms. The molecule has 2 bridgehead atoms. The molecule has 1 aliphatic heterocycles. The Kier molecular flexibility index (Phi) is 3.74. The first-order chi connectivity index (χ1) is 15.0. The van der Waals surface area contributed by atoms with E-state index in [1.807, 2.05) is 66.7 Å². The van der Waals surface area contributed by atoms with Crippen molar-refractivity contribution in [2.75, 3.05) is 4.90 Å². The molecule has 0 radical (unpaired) electrons. The Morgan fingerprint density at radius 1 is 0.806 bits per heavy atom. The predicted octanol–water partition coefficient (Wildman–Crippen LogP) is 4.22. The Bertz CT molecular complexity index is 1270. The van der Waals surface area contributed by atoms with Crippen molar-refractivity contribution >= 4 is 46.4 Å². The molecule has 4 aliphatic rings. The van der Waals surface area contributed by atoms with Gasteiger partial charge in [0.2, 0.25) is 11.8 Å². The van der Waals surface area contributed by atoms with Gasteiger partial charge in [-0.15, -0.1) is 0 Å². The second-order valence-corrected chi connectivity index (χ2v) is 9.97. The van der Waals surface area contributed by atoms with Gasteiger partial charge in [0.05, 0.1) is 22.9 Å². The van der Waals surface area contributed by atoms with Crippen LogP contribution in [0.3, 0.4) is 0 Å². The molecular weight excluding hydrogens is 501 g/mol. The van der Waals surface area contributed by atoms with Crippen molar-refractivity contribution in [1.29, 1.82) is 0 Å².